The van der Waals surface area contributed by atoms with Gasteiger partial charge < -0.3 is 21.5 Å². The Balaban J connectivity index is 0.000000534. The van der Waals surface area contributed by atoms with E-state index in [1.807, 2.05) is 0 Å². The number of rotatable bonds is 5. The van der Waals surface area contributed by atoms with Crippen molar-refractivity contribution in [1.29, 1.82) is 0 Å². The maximum Gasteiger partial charge on any atom is 0.308 e. The molecule has 0 atom stereocenters. The fourth-order valence-corrected chi connectivity index (χ4v) is 2.35. The molecule has 0 aliphatic rings. The number of nitrogens with two attached hydrogens (primary N) is 2. The Hall–Kier alpha value is 0.0200. The molecule has 22 heavy (non-hydrogen) atoms. The summed E-state index contributed by atoms with van der Waals surface area (Å²) in [6.07, 6.45) is 0. The van der Waals surface area contributed by atoms with Gasteiger partial charge in [-0.15, -0.1) is 0 Å². The molecule has 0 amide bonds. The molecule has 126 valence electrons. The lowest BCUT2D eigenvalue weighted by atomic mass is 10.3. The van der Waals surface area contributed by atoms with Crippen LogP contribution in [0.4, 0.5) is 0 Å². The summed E-state index contributed by atoms with van der Waals surface area (Å²) >= 11 is 28.8. The molecule has 10 heteroatoms. The molecule has 5 nitrogen and oxygen atoms in total. The van der Waals surface area contributed by atoms with Gasteiger partial charge in [-0.3, -0.25) is 4.79 Å². The highest BCUT2D eigenvalue weighted by Crippen LogP contribution is 2.48. The van der Waals surface area contributed by atoms with E-state index in [1.165, 1.54) is 6.92 Å². The number of esters is 1. The Bertz CT molecular complexity index is 481. The average molecular weight is 412 g/mol. The number of halogens is 5. The Morgan fingerprint density at radius 1 is 0.909 bits per heavy atom. The van der Waals surface area contributed by atoms with Crippen LogP contribution in [0.3, 0.4) is 0 Å². The van der Waals surface area contributed by atoms with Crippen LogP contribution >= 0.6 is 58.0 Å². The topological polar surface area (TPSA) is 90.4 Å². The molecule has 0 radical (unpaired) electrons. The Labute approximate surface area is 154 Å². The number of nitrogens with one attached hydrogen (secondary N) is 1. The highest BCUT2D eigenvalue weighted by Gasteiger charge is 2.21. The van der Waals surface area contributed by atoms with Crippen LogP contribution in [0.25, 0.3) is 0 Å². The second-order valence-corrected chi connectivity index (χ2v) is 5.71. The first-order valence-electron chi connectivity index (χ1n) is 6.08. The summed E-state index contributed by atoms with van der Waals surface area (Å²) in [5, 5.41) is 2.93. The van der Waals surface area contributed by atoms with Crippen molar-refractivity contribution in [1.82, 2.24) is 5.32 Å². The van der Waals surface area contributed by atoms with E-state index in [1.54, 1.807) is 0 Å². The van der Waals surface area contributed by atoms with Crippen molar-refractivity contribution in [2.24, 2.45) is 11.5 Å². The van der Waals surface area contributed by atoms with Gasteiger partial charge in [-0.25, -0.2) is 0 Å². The normalized spacial score (nSPS) is 10.0. The zero-order valence-corrected chi connectivity index (χ0v) is 15.5. The maximum absolute atomic E-state index is 10.8. The van der Waals surface area contributed by atoms with E-state index < -0.39 is 5.97 Å². The Kier molecular flexibility index (Phi) is 11.6. The van der Waals surface area contributed by atoms with Crippen LogP contribution in [-0.4, -0.2) is 32.1 Å². The van der Waals surface area contributed by atoms with Gasteiger partial charge in [0.2, 0.25) is 0 Å². The molecular weight excluding hydrogens is 395 g/mol. The van der Waals surface area contributed by atoms with Crippen molar-refractivity contribution in [2.75, 3.05) is 26.2 Å². The van der Waals surface area contributed by atoms with E-state index in [9.17, 15) is 4.79 Å². The summed E-state index contributed by atoms with van der Waals surface area (Å²) in [6, 6.07) is 0. The molecule has 0 heterocycles. The van der Waals surface area contributed by atoms with Crippen molar-refractivity contribution in [2.45, 2.75) is 6.92 Å². The third-order valence-corrected chi connectivity index (χ3v) is 4.30. The van der Waals surface area contributed by atoms with Crippen molar-refractivity contribution >= 4 is 64.0 Å². The SMILES string of the molecule is CC(=O)Oc1c(Cl)c(Cl)c(Cl)c(Cl)c1Cl.NCCNCCN. The lowest BCUT2D eigenvalue weighted by molar-refractivity contribution is -0.131. The quantitative estimate of drug-likeness (QED) is 0.227. The summed E-state index contributed by atoms with van der Waals surface area (Å²) in [7, 11) is 0. The smallest absolute Gasteiger partial charge is 0.308 e. The van der Waals surface area contributed by atoms with Crippen molar-refractivity contribution in [3.8, 4) is 5.75 Å². The lowest BCUT2D eigenvalue weighted by Gasteiger charge is -2.10. The molecule has 0 aliphatic heterocycles. The molecule has 5 N–H and O–H groups in total. The number of ether oxygens (including phenoxy) is 1. The molecule has 0 aliphatic carbocycles. The van der Waals surface area contributed by atoms with Crippen LogP contribution in [0.15, 0.2) is 0 Å². The van der Waals surface area contributed by atoms with Gasteiger partial charge in [-0.2, -0.15) is 0 Å². The number of benzene rings is 1. The van der Waals surface area contributed by atoms with Gasteiger partial charge in [0.05, 0.1) is 15.1 Å². The van der Waals surface area contributed by atoms with Crippen LogP contribution in [-0.2, 0) is 4.79 Å². The fraction of sp³-hybridized carbons (Fsp3) is 0.417. The molecule has 0 bridgehead atoms. The number of carbonyl (C=O) groups excluding carboxylic acids is 1. The predicted molar refractivity (Wildman–Crippen MR) is 93.8 cm³/mol. The number of hydrogen-bond acceptors (Lipinski definition) is 5. The highest BCUT2D eigenvalue weighted by atomic mass is 35.5. The van der Waals surface area contributed by atoms with E-state index in [0.29, 0.717) is 13.1 Å². The summed E-state index contributed by atoms with van der Waals surface area (Å²) in [5.41, 5.74) is 10.3. The molecule has 0 fully saturated rings. The minimum Gasteiger partial charge on any atom is -0.423 e. The third kappa shape index (κ3) is 7.06. The first-order valence-corrected chi connectivity index (χ1v) is 7.97. The van der Waals surface area contributed by atoms with E-state index in [0.717, 1.165) is 13.1 Å². The van der Waals surface area contributed by atoms with E-state index >= 15 is 0 Å². The molecule has 1 aromatic rings. The highest BCUT2D eigenvalue weighted by molar-refractivity contribution is 6.55. The molecule has 0 aromatic heterocycles. The van der Waals surface area contributed by atoms with Crippen LogP contribution in [0.5, 0.6) is 5.75 Å². The first-order chi connectivity index (χ1) is 10.3. The third-order valence-electron chi connectivity index (χ3n) is 2.06. The number of carbonyl (C=O) groups is 1. The molecule has 0 saturated carbocycles. The van der Waals surface area contributed by atoms with Crippen LogP contribution < -0.4 is 21.5 Å². The van der Waals surface area contributed by atoms with E-state index in [2.05, 4.69) is 5.32 Å². The maximum atomic E-state index is 10.8. The van der Waals surface area contributed by atoms with Crippen molar-refractivity contribution in [3.05, 3.63) is 25.1 Å². The van der Waals surface area contributed by atoms with Crippen molar-refractivity contribution < 1.29 is 9.53 Å². The first kappa shape index (κ1) is 22.0. The average Bonchev–Trinajstić information content (AvgIpc) is 2.48. The second kappa shape index (κ2) is 11.5. The van der Waals surface area contributed by atoms with Gasteiger partial charge in [0.15, 0.2) is 5.75 Å². The molecule has 0 spiro atoms. The van der Waals surface area contributed by atoms with E-state index in [4.69, 9.17) is 74.2 Å². The van der Waals surface area contributed by atoms with Crippen LogP contribution in [0.2, 0.25) is 25.1 Å². The van der Waals surface area contributed by atoms with Gasteiger partial charge in [0.25, 0.3) is 0 Å². The summed E-state index contributed by atoms with van der Waals surface area (Å²) in [4.78, 5) is 10.8. The Morgan fingerprint density at radius 3 is 1.59 bits per heavy atom. The van der Waals surface area contributed by atoms with Gasteiger partial charge in [0.1, 0.15) is 10.0 Å². The molecular formula is C12H16Cl5N3O2. The summed E-state index contributed by atoms with van der Waals surface area (Å²) < 4.78 is 4.76. The monoisotopic (exact) mass is 409 g/mol. The second-order valence-electron chi connectivity index (χ2n) is 3.82. The standard InChI is InChI=1S/C8H3Cl5O2.C4H13N3/c1-2(14)15-8-6(12)4(10)3(9)5(11)7(8)13;5-1-3-7-4-2-6/h1H3;7H,1-6H2. The summed E-state index contributed by atoms with van der Waals surface area (Å²) in [6.45, 7) is 4.33. The zero-order chi connectivity index (χ0) is 17.3. The fourth-order valence-electron chi connectivity index (χ4n) is 1.15. The van der Waals surface area contributed by atoms with Gasteiger partial charge >= 0.3 is 5.97 Å². The van der Waals surface area contributed by atoms with E-state index in [-0.39, 0.29) is 30.9 Å². The van der Waals surface area contributed by atoms with Crippen LogP contribution in [0.1, 0.15) is 6.92 Å². The van der Waals surface area contributed by atoms with Crippen LogP contribution in [0, 0.1) is 0 Å². The predicted octanol–water partition coefficient (Wildman–Crippen LogP) is 3.37. The molecule has 0 saturated heterocycles. The summed E-state index contributed by atoms with van der Waals surface area (Å²) in [5.74, 6) is -0.682. The largest absolute Gasteiger partial charge is 0.423 e. The molecule has 0 unspecified atom stereocenters. The minimum absolute atomic E-state index is 0.0102. The zero-order valence-electron chi connectivity index (χ0n) is 11.7. The molecule has 1 aromatic carbocycles. The van der Waals surface area contributed by atoms with Gasteiger partial charge in [-0.05, 0) is 0 Å². The lowest BCUT2D eigenvalue weighted by Crippen LogP contribution is -2.27. The Morgan fingerprint density at radius 2 is 1.27 bits per heavy atom. The number of hydrogen-bond donors (Lipinski definition) is 3. The minimum atomic E-state index is -0.590. The molecule has 1 rings (SSSR count). The van der Waals surface area contributed by atoms with Gasteiger partial charge in [0, 0.05) is 33.1 Å². The van der Waals surface area contributed by atoms with Gasteiger partial charge in [-0.1, -0.05) is 58.0 Å². The van der Waals surface area contributed by atoms with Crippen molar-refractivity contribution in [3.63, 3.8) is 0 Å².